The number of fused-ring (bicyclic) bond motifs is 5. The predicted octanol–water partition coefficient (Wildman–Crippen LogP) is 4.62. The first-order valence-corrected chi connectivity index (χ1v) is 11.4. The second-order valence-corrected chi connectivity index (χ2v) is 9.83. The first-order valence-electron chi connectivity index (χ1n) is 11.4. The van der Waals surface area contributed by atoms with Crippen molar-refractivity contribution < 1.29 is 14.3 Å². The van der Waals surface area contributed by atoms with Gasteiger partial charge in [-0.25, -0.2) is 9.37 Å². The largest absolute Gasteiger partial charge is 0.393 e. The molecule has 5 rings (SSSR count). The number of carbonyl (C=O) groups excluding carboxylic acids is 1. The van der Waals surface area contributed by atoms with Gasteiger partial charge >= 0.3 is 0 Å². The van der Waals surface area contributed by atoms with Crippen LogP contribution in [0.2, 0.25) is 0 Å². The van der Waals surface area contributed by atoms with Crippen LogP contribution in [0.4, 0.5) is 4.39 Å². The minimum Gasteiger partial charge on any atom is -0.393 e. The number of hydrogen-bond acceptors (Lipinski definition) is 6. The van der Waals surface area contributed by atoms with Crippen molar-refractivity contribution in [2.45, 2.75) is 63.9 Å². The van der Waals surface area contributed by atoms with Crippen molar-refractivity contribution in [3.05, 3.63) is 71.2 Å². The minimum atomic E-state index is -0.543. The highest BCUT2D eigenvalue weighted by Gasteiger charge is 2.65. The number of aliphatic hydroxyl groups is 1. The number of benzene rings is 1. The van der Waals surface area contributed by atoms with Crippen LogP contribution in [-0.2, 0) is 5.41 Å². The molecule has 1 N–H and O–H groups in total. The van der Waals surface area contributed by atoms with Crippen molar-refractivity contribution in [1.29, 1.82) is 0 Å². The molecule has 3 atom stereocenters. The van der Waals surface area contributed by atoms with Crippen molar-refractivity contribution in [3.63, 3.8) is 0 Å². The molecule has 1 aromatic carbocycles. The van der Waals surface area contributed by atoms with E-state index in [0.717, 1.165) is 29.8 Å². The zero-order valence-corrected chi connectivity index (χ0v) is 19.0. The zero-order valence-electron chi connectivity index (χ0n) is 19.0. The number of rotatable bonds is 6. The lowest BCUT2D eigenvalue weighted by Gasteiger charge is -2.37. The topological polar surface area (TPSA) is 88.9 Å². The third-order valence-corrected chi connectivity index (χ3v) is 7.68. The smallest absolute Gasteiger partial charge is 0.182 e. The Morgan fingerprint density at radius 1 is 1.24 bits per heavy atom. The fourth-order valence-corrected chi connectivity index (χ4v) is 5.87. The summed E-state index contributed by atoms with van der Waals surface area (Å²) in [6.45, 7) is 6.08. The highest BCUT2D eigenvalue weighted by Crippen LogP contribution is 2.69. The molecule has 2 heterocycles. The summed E-state index contributed by atoms with van der Waals surface area (Å²) in [4.78, 5) is 21.8. The SMILES string of the molecule is C[C@H](O)CCC(=O)c1cncc([C@@]23CC[C@@H](c4cc(-c5ccccc5F)nnc42)C3(C)C)n1. The number of aromatic nitrogens is 4. The van der Waals surface area contributed by atoms with E-state index in [1.807, 2.05) is 6.07 Å². The number of halogens is 1. The van der Waals surface area contributed by atoms with Gasteiger partial charge in [-0.15, -0.1) is 0 Å². The van der Waals surface area contributed by atoms with Gasteiger partial charge in [0.25, 0.3) is 0 Å². The Morgan fingerprint density at radius 2 is 2.03 bits per heavy atom. The van der Waals surface area contributed by atoms with Crippen LogP contribution in [0.5, 0.6) is 0 Å². The maximum Gasteiger partial charge on any atom is 0.182 e. The quantitative estimate of drug-likeness (QED) is 0.556. The second-order valence-electron chi connectivity index (χ2n) is 9.83. The van der Waals surface area contributed by atoms with E-state index in [0.29, 0.717) is 23.4 Å². The molecule has 0 unspecified atom stereocenters. The van der Waals surface area contributed by atoms with E-state index >= 15 is 0 Å². The Labute approximate surface area is 192 Å². The fourth-order valence-electron chi connectivity index (χ4n) is 5.87. The van der Waals surface area contributed by atoms with Crippen molar-refractivity contribution in [2.24, 2.45) is 5.41 Å². The molecule has 0 amide bonds. The number of aliphatic hydroxyl groups excluding tert-OH is 1. The Balaban J connectivity index is 1.59. The lowest BCUT2D eigenvalue weighted by Crippen LogP contribution is -2.38. The van der Waals surface area contributed by atoms with Crippen LogP contribution in [0.3, 0.4) is 0 Å². The highest BCUT2D eigenvalue weighted by atomic mass is 19.1. The normalized spacial score (nSPS) is 23.4. The highest BCUT2D eigenvalue weighted by molar-refractivity contribution is 5.94. The summed E-state index contributed by atoms with van der Waals surface area (Å²) in [7, 11) is 0. The van der Waals surface area contributed by atoms with Gasteiger partial charge in [0.05, 0.1) is 34.8 Å². The first kappa shape index (κ1) is 21.8. The molecule has 6 nitrogen and oxygen atoms in total. The van der Waals surface area contributed by atoms with Gasteiger partial charge in [-0.3, -0.25) is 9.78 Å². The average Bonchev–Trinajstić information content (AvgIpc) is 3.19. The monoisotopic (exact) mass is 446 g/mol. The maximum atomic E-state index is 14.4. The molecule has 2 aliphatic carbocycles. The molecule has 0 radical (unpaired) electrons. The van der Waals surface area contributed by atoms with E-state index in [2.05, 4.69) is 29.0 Å². The number of hydrogen-bond donors (Lipinski definition) is 1. The number of Topliss-reactive ketones (excluding diaryl/α,β-unsaturated/α-hetero) is 1. The Morgan fingerprint density at radius 3 is 2.79 bits per heavy atom. The van der Waals surface area contributed by atoms with Crippen LogP contribution in [0.1, 0.15) is 79.8 Å². The molecule has 2 aliphatic rings. The fraction of sp³-hybridized carbons (Fsp3) is 0.423. The lowest BCUT2D eigenvalue weighted by molar-refractivity contribution is 0.0943. The summed E-state index contributed by atoms with van der Waals surface area (Å²) in [6, 6.07) is 8.57. The third-order valence-electron chi connectivity index (χ3n) is 7.68. The van der Waals surface area contributed by atoms with Gasteiger partial charge in [0.2, 0.25) is 0 Å². The average molecular weight is 447 g/mol. The summed E-state index contributed by atoms with van der Waals surface area (Å²) < 4.78 is 14.4. The molecule has 1 saturated carbocycles. The van der Waals surface area contributed by atoms with Crippen molar-refractivity contribution in [3.8, 4) is 11.3 Å². The molecule has 7 heteroatoms. The standard InChI is InChI=1S/C26H27FN4O2/c1-15(32)8-9-22(33)21-13-28-14-23(29-21)26-11-10-18(25(26,2)3)17-12-20(30-31-24(17)26)16-6-4-5-7-19(16)27/h4-7,12-15,18,32H,8-11H2,1-3H3/t15-,18-,26-/m0/s1. The molecule has 3 aromatic rings. The summed E-state index contributed by atoms with van der Waals surface area (Å²) in [5.74, 6) is -0.226. The Kier molecular flexibility index (Phi) is 5.12. The van der Waals surface area contributed by atoms with Crippen LogP contribution in [0, 0.1) is 11.2 Å². The summed E-state index contributed by atoms with van der Waals surface area (Å²) in [5.41, 5.74) is 3.20. The van der Waals surface area contributed by atoms with Gasteiger partial charge in [-0.2, -0.15) is 10.2 Å². The number of nitrogens with zero attached hydrogens (tertiary/aromatic N) is 4. The summed E-state index contributed by atoms with van der Waals surface area (Å²) >= 11 is 0. The van der Waals surface area contributed by atoms with E-state index in [-0.39, 0.29) is 29.4 Å². The molecular formula is C26H27FN4O2. The number of carbonyl (C=O) groups is 1. The van der Waals surface area contributed by atoms with Gasteiger partial charge in [0.1, 0.15) is 11.5 Å². The van der Waals surface area contributed by atoms with Crippen LogP contribution in [0.15, 0.2) is 42.7 Å². The van der Waals surface area contributed by atoms with Gasteiger partial charge < -0.3 is 5.11 Å². The molecule has 33 heavy (non-hydrogen) atoms. The van der Waals surface area contributed by atoms with Gasteiger partial charge in [0, 0.05) is 18.2 Å². The van der Waals surface area contributed by atoms with Crippen LogP contribution in [0.25, 0.3) is 11.3 Å². The predicted molar refractivity (Wildman–Crippen MR) is 121 cm³/mol. The van der Waals surface area contributed by atoms with E-state index in [4.69, 9.17) is 4.98 Å². The van der Waals surface area contributed by atoms with Gasteiger partial charge in [-0.1, -0.05) is 26.0 Å². The minimum absolute atomic E-state index is 0.131. The summed E-state index contributed by atoms with van der Waals surface area (Å²) in [5, 5.41) is 18.6. The molecular weight excluding hydrogens is 419 g/mol. The first-order chi connectivity index (χ1) is 15.8. The van der Waals surface area contributed by atoms with E-state index < -0.39 is 11.5 Å². The maximum absolute atomic E-state index is 14.4. The molecule has 1 fully saturated rings. The van der Waals surface area contributed by atoms with Gasteiger partial charge in [0.15, 0.2) is 5.78 Å². The molecule has 0 saturated heterocycles. The molecule has 2 aromatic heterocycles. The molecule has 170 valence electrons. The summed E-state index contributed by atoms with van der Waals surface area (Å²) in [6.07, 6.45) is 5.08. The second kappa shape index (κ2) is 7.76. The van der Waals surface area contributed by atoms with Crippen molar-refractivity contribution >= 4 is 5.78 Å². The van der Waals surface area contributed by atoms with E-state index in [1.54, 1.807) is 31.3 Å². The molecule has 0 aliphatic heterocycles. The molecule has 0 spiro atoms. The lowest BCUT2D eigenvalue weighted by atomic mass is 9.66. The van der Waals surface area contributed by atoms with Crippen molar-refractivity contribution in [2.75, 3.05) is 0 Å². The molecule has 2 bridgehead atoms. The van der Waals surface area contributed by atoms with Crippen molar-refractivity contribution in [1.82, 2.24) is 20.2 Å². The van der Waals surface area contributed by atoms with Crippen LogP contribution < -0.4 is 0 Å². The third kappa shape index (κ3) is 3.21. The van der Waals surface area contributed by atoms with Crippen LogP contribution >= 0.6 is 0 Å². The van der Waals surface area contributed by atoms with Gasteiger partial charge in [-0.05, 0) is 61.3 Å². The Hall–Kier alpha value is -3.06. The number of ketones is 1. The van der Waals surface area contributed by atoms with E-state index in [9.17, 15) is 14.3 Å². The Bertz CT molecular complexity index is 1240. The van der Waals surface area contributed by atoms with Crippen LogP contribution in [-0.4, -0.2) is 37.2 Å². The zero-order chi connectivity index (χ0) is 23.4. The van der Waals surface area contributed by atoms with E-state index in [1.165, 1.54) is 12.3 Å².